The maximum atomic E-state index is 5.06. The van der Waals surface area contributed by atoms with Crippen LogP contribution in [0.2, 0.25) is 0 Å². The van der Waals surface area contributed by atoms with Crippen molar-refractivity contribution in [2.24, 2.45) is 0 Å². The van der Waals surface area contributed by atoms with Gasteiger partial charge in [-0.2, -0.15) is 0 Å². The van der Waals surface area contributed by atoms with Crippen LogP contribution in [0.5, 0.6) is 0 Å². The van der Waals surface area contributed by atoms with Gasteiger partial charge in [-0.1, -0.05) is 79.7 Å². The van der Waals surface area contributed by atoms with Crippen molar-refractivity contribution in [1.29, 1.82) is 0 Å². The van der Waals surface area contributed by atoms with Crippen LogP contribution >= 0.6 is 0 Å². The van der Waals surface area contributed by atoms with Gasteiger partial charge in [0.25, 0.3) is 0 Å². The first-order chi connectivity index (χ1) is 73.7. The molecule has 758 valence electrons. The molecule has 5 aliphatic heterocycles. The third-order valence-corrected chi connectivity index (χ3v) is 28.9. The molecule has 0 spiro atoms. The van der Waals surface area contributed by atoms with Crippen molar-refractivity contribution in [3.8, 4) is 0 Å². The van der Waals surface area contributed by atoms with E-state index in [4.69, 9.17) is 64.8 Å². The molecule has 5 aliphatic rings. The maximum Gasteiger partial charge on any atom is 0.198 e. The third kappa shape index (κ3) is 19.0. The maximum absolute atomic E-state index is 5.06. The highest BCUT2D eigenvalue weighted by atomic mass is 15.3. The number of piperazine rings is 1. The number of likely N-dealkylation sites (tertiary alicyclic amines) is 1. The number of fused-ring (bicyclic) bond motifs is 30. The van der Waals surface area contributed by atoms with Crippen LogP contribution in [0.4, 0.5) is 23.3 Å². The monoisotopic (exact) mass is 2000 g/mol. The molecule has 2 atom stereocenters. The van der Waals surface area contributed by atoms with E-state index < -0.39 is 0 Å². The van der Waals surface area contributed by atoms with E-state index in [9.17, 15) is 0 Å². The number of benzene rings is 6. The number of imidazole rings is 6. The summed E-state index contributed by atoms with van der Waals surface area (Å²) in [6, 6.07) is 54.0. The van der Waals surface area contributed by atoms with Gasteiger partial charge in [0.15, 0.2) is 108 Å². The van der Waals surface area contributed by atoms with E-state index in [1.807, 2.05) is 97.1 Å². The molecule has 23 heterocycles. The highest BCUT2D eigenvalue weighted by Gasteiger charge is 2.31. The number of aryl methyl sites for hydroxylation is 3. The van der Waals surface area contributed by atoms with Crippen LogP contribution in [-0.2, 0) is 19.3 Å². The minimum atomic E-state index is 0.396. The SMILES string of the molecule is CCc1nc2ccc(N3CCCN(C)CC3)nc2n2c1nc1ccccc12.CN(C)CCCc1nc2nccnc2n2c1nc1ccccc12.CN1CCCN(c2nc3cncnc3n3c2nc2ccccc23)CC1.CN1CCCN(c2nc3nccnc3n3c2nc2ccccc23)CC1.C[C@@H]1CN(c2nc3nccnc3n3c2nc2ccccc23)C[C@H](C)N1.c1ccc2c(c1)nc1c(CCCN3CCCC3)nc3nccnc3n12. The lowest BCUT2D eigenvalue weighted by atomic mass is 10.1. The van der Waals surface area contributed by atoms with Crippen molar-refractivity contribution in [3.05, 3.63) is 237 Å². The predicted octanol–water partition coefficient (Wildman–Crippen LogP) is 14.3. The van der Waals surface area contributed by atoms with Crippen LogP contribution in [0.25, 0.3) is 168 Å². The molecule has 6 aromatic carbocycles. The molecule has 150 heavy (non-hydrogen) atoms. The van der Waals surface area contributed by atoms with E-state index in [0.717, 1.165) is 341 Å². The van der Waals surface area contributed by atoms with Crippen LogP contribution in [0.15, 0.2) is 220 Å². The summed E-state index contributed by atoms with van der Waals surface area (Å²) in [6.45, 7) is 25.3. The molecule has 24 aromatic rings. The molecular formula is C111H119N39. The Kier molecular flexibility index (Phi) is 26.9. The Morgan fingerprint density at radius 3 is 1.10 bits per heavy atom. The second kappa shape index (κ2) is 42.1. The highest BCUT2D eigenvalue weighted by Crippen LogP contribution is 2.36. The first-order valence-corrected chi connectivity index (χ1v) is 52.3. The Morgan fingerprint density at radius 2 is 0.660 bits per heavy atom. The van der Waals surface area contributed by atoms with E-state index >= 15 is 0 Å². The van der Waals surface area contributed by atoms with Gasteiger partial charge in [0.1, 0.15) is 23.2 Å². The number of nitrogens with zero attached hydrogens (tertiary/aromatic N) is 38. The minimum Gasteiger partial charge on any atom is -0.355 e. The fraction of sp³-hybridized carbons (Fsp3) is 0.342. The Morgan fingerprint density at radius 1 is 0.293 bits per heavy atom. The molecule has 0 aliphatic carbocycles. The van der Waals surface area contributed by atoms with E-state index in [0.29, 0.717) is 34.7 Å². The molecule has 29 rings (SSSR count). The van der Waals surface area contributed by atoms with Crippen LogP contribution < -0.4 is 24.9 Å². The average molecular weight is 2000 g/mol. The highest BCUT2D eigenvalue weighted by molar-refractivity contribution is 5.96. The molecular weight excluding hydrogens is 1880 g/mol. The summed E-state index contributed by atoms with van der Waals surface area (Å²) in [5.74, 6) is 3.74. The zero-order chi connectivity index (χ0) is 101. The first kappa shape index (κ1) is 95.9. The lowest BCUT2D eigenvalue weighted by Crippen LogP contribution is -2.54. The van der Waals surface area contributed by atoms with E-state index in [2.05, 4.69) is 242 Å². The van der Waals surface area contributed by atoms with Crippen molar-refractivity contribution in [2.75, 3.05) is 173 Å². The zero-order valence-electron chi connectivity index (χ0n) is 85.7. The Balaban J connectivity index is 0.0000000958. The summed E-state index contributed by atoms with van der Waals surface area (Å²) in [6.07, 6.45) is 27.8. The number of anilines is 4. The largest absolute Gasteiger partial charge is 0.355 e. The standard InChI is InChI=1S/C21H24N6.C19H20N6.3C18H19N7.C17H18N6/c1-3-15-20-23-16-7-4-5-8-18(16)27(20)21-17(22-15)9-10-19(24-21)26-12-6-11-25(2)13-14-26;1-2-8-16-14(6-1)23-18-15(7-5-13-24-11-3-4-12-24)22-17-19(25(16)18)21-10-9-20-17;1-11-9-24(10-12(2)21-11)17-18-22-13-5-3-4-6-14(13)25(18)16-15(23-17)19-7-8-20-16;1-23-9-4-10-24(12-11-23)17-18-21-13-5-2-3-6-14(13)25(18)16-15(22-17)19-7-8-20-16;1-23-7-4-8-24(10-9-23)17-18-21-13-5-2-3-6-15(13)25(18)16-14(22-17)11-19-12-20-16;1-22(2)11-5-7-13-16-21-12-6-3-4-8-14(12)23(16)17-15(20-13)18-9-10-19-17/h4-5,7-10H,3,6,11-14H2,1-2H3;1-2,6,8-10H,3-5,7,11-13H2;3-8,11-12,21H,9-10H2,1-2H3;2-3,5-8H,4,9-12H2,1H3;2-3,5-6,11-12H,4,7-10H2,1H3;3-4,6,8-10H,5,7,11H2,1-2H3/t;;11-,12+;;;. The second-order valence-corrected chi connectivity index (χ2v) is 39.8. The molecule has 5 fully saturated rings. The topological polar surface area (TPSA) is 364 Å². The molecule has 0 unspecified atom stereocenters. The lowest BCUT2D eigenvalue weighted by Gasteiger charge is -2.36. The number of pyridine rings is 1. The van der Waals surface area contributed by atoms with Gasteiger partial charge in [-0.25, -0.2) is 115 Å². The fourth-order valence-corrected chi connectivity index (χ4v) is 21.7. The van der Waals surface area contributed by atoms with Gasteiger partial charge in [0, 0.05) is 134 Å². The number of hydrogen-bond acceptors (Lipinski definition) is 33. The average Bonchev–Trinajstić information content (AvgIpc) is 1.77. The van der Waals surface area contributed by atoms with Crippen molar-refractivity contribution < 1.29 is 0 Å². The van der Waals surface area contributed by atoms with Crippen molar-refractivity contribution in [2.45, 2.75) is 97.1 Å². The van der Waals surface area contributed by atoms with Gasteiger partial charge in [0.2, 0.25) is 0 Å². The minimum absolute atomic E-state index is 0.396. The second-order valence-electron chi connectivity index (χ2n) is 39.8. The molecule has 0 radical (unpaired) electrons. The molecule has 0 amide bonds. The van der Waals surface area contributed by atoms with E-state index in [-0.39, 0.29) is 0 Å². The van der Waals surface area contributed by atoms with Gasteiger partial charge in [-0.15, -0.1) is 0 Å². The fourth-order valence-electron chi connectivity index (χ4n) is 21.7. The lowest BCUT2D eigenvalue weighted by molar-refractivity contribution is 0.333. The quantitative estimate of drug-likeness (QED) is 0.112. The summed E-state index contributed by atoms with van der Waals surface area (Å²) >= 11 is 0. The molecule has 18 aromatic heterocycles. The molecule has 5 saturated heterocycles. The summed E-state index contributed by atoms with van der Waals surface area (Å²) in [5, 5.41) is 3.57. The number of aromatic nitrogens is 29. The number of hydrogen-bond donors (Lipinski definition) is 1. The smallest absolute Gasteiger partial charge is 0.198 e. The van der Waals surface area contributed by atoms with Crippen LogP contribution in [0.1, 0.15) is 82.8 Å². The van der Waals surface area contributed by atoms with Gasteiger partial charge in [-0.05, 0) is 244 Å². The summed E-state index contributed by atoms with van der Waals surface area (Å²) in [4.78, 5) is 129. The Hall–Kier alpha value is -16.3. The molecule has 0 bridgehead atoms. The molecule has 39 nitrogen and oxygen atoms in total. The third-order valence-electron chi connectivity index (χ3n) is 28.9. The van der Waals surface area contributed by atoms with Crippen LogP contribution in [0.3, 0.4) is 0 Å². The van der Waals surface area contributed by atoms with Crippen molar-refractivity contribution in [3.63, 3.8) is 0 Å². The van der Waals surface area contributed by atoms with Gasteiger partial charge in [0.05, 0.1) is 89.5 Å². The van der Waals surface area contributed by atoms with Crippen molar-refractivity contribution in [1.82, 2.24) is 171 Å². The number of para-hydroxylation sites is 12. The van der Waals surface area contributed by atoms with E-state index in [1.54, 1.807) is 62.1 Å². The van der Waals surface area contributed by atoms with Gasteiger partial charge >= 0.3 is 0 Å². The summed E-state index contributed by atoms with van der Waals surface area (Å²) in [5.41, 5.74) is 29.5. The van der Waals surface area contributed by atoms with Gasteiger partial charge < -0.3 is 49.4 Å². The Labute approximate surface area is 863 Å². The van der Waals surface area contributed by atoms with Crippen LogP contribution in [0, 0.1) is 0 Å². The molecule has 1 N–H and O–H groups in total. The molecule has 39 heteroatoms. The predicted molar refractivity (Wildman–Crippen MR) is 591 cm³/mol. The summed E-state index contributed by atoms with van der Waals surface area (Å²) in [7, 11) is 10.7. The van der Waals surface area contributed by atoms with Crippen LogP contribution in [-0.4, -0.2) is 331 Å². The first-order valence-electron chi connectivity index (χ1n) is 52.3. The van der Waals surface area contributed by atoms with E-state index in [1.165, 1.54) is 25.9 Å². The molecule has 0 saturated carbocycles. The number of rotatable bonds is 13. The normalized spacial score (nSPS) is 16.6. The summed E-state index contributed by atoms with van der Waals surface area (Å²) < 4.78 is 12.7. The Bertz CT molecular complexity index is 8900. The zero-order valence-corrected chi connectivity index (χ0v) is 85.7. The van der Waals surface area contributed by atoms with Gasteiger partial charge in [-0.3, -0.25) is 26.4 Å². The number of likely N-dealkylation sites (N-methyl/N-ethyl adjacent to an activating group) is 3. The van der Waals surface area contributed by atoms with Crippen molar-refractivity contribution >= 4 is 191 Å². The number of nitrogens with one attached hydrogen (secondary N) is 1.